The molecule has 0 aliphatic carbocycles. The molecule has 0 saturated carbocycles. The minimum atomic E-state index is -3.23. The first-order chi connectivity index (χ1) is 8.35. The van der Waals surface area contributed by atoms with Crippen LogP contribution in [0.4, 0.5) is 0 Å². The fourth-order valence-electron chi connectivity index (χ4n) is 2.05. The average molecular weight is 278 g/mol. The molecule has 0 amide bonds. The first-order valence-electron chi connectivity index (χ1n) is 6.64. The molecule has 3 N–H and O–H groups in total. The number of nitrogens with two attached hydrogens (primary N) is 1. The minimum Gasteiger partial charge on any atom is -0.377 e. The Hall–Kier alpha value is -0.170. The number of rotatable bonds is 8. The van der Waals surface area contributed by atoms with Crippen molar-refractivity contribution in [3.8, 4) is 0 Å². The number of hydrogen-bond donors (Lipinski definition) is 2. The van der Waals surface area contributed by atoms with Crippen LogP contribution in [0.25, 0.3) is 0 Å². The fraction of sp³-hybridized carbons (Fsp3) is 1.00. The van der Waals surface area contributed by atoms with Crippen LogP contribution in [0.3, 0.4) is 0 Å². The Morgan fingerprint density at radius 1 is 1.44 bits per heavy atom. The maximum Gasteiger partial charge on any atom is 0.214 e. The molecule has 1 unspecified atom stereocenters. The monoisotopic (exact) mass is 278 g/mol. The van der Waals surface area contributed by atoms with E-state index in [1.165, 1.54) is 0 Å². The molecule has 1 saturated heterocycles. The van der Waals surface area contributed by atoms with Crippen molar-refractivity contribution in [3.63, 3.8) is 0 Å². The van der Waals surface area contributed by atoms with Gasteiger partial charge in [0, 0.05) is 13.2 Å². The summed E-state index contributed by atoms with van der Waals surface area (Å²) < 4.78 is 31.8. The van der Waals surface area contributed by atoms with Crippen LogP contribution in [0.1, 0.15) is 39.5 Å². The van der Waals surface area contributed by atoms with Gasteiger partial charge in [0.15, 0.2) is 0 Å². The summed E-state index contributed by atoms with van der Waals surface area (Å²) in [6.45, 7) is 5.89. The molecule has 1 aliphatic rings. The van der Waals surface area contributed by atoms with E-state index in [1.54, 1.807) is 0 Å². The zero-order chi connectivity index (χ0) is 13.6. The molecule has 108 valence electrons. The highest BCUT2D eigenvalue weighted by atomic mass is 32.2. The molecule has 0 spiro atoms. The predicted molar refractivity (Wildman–Crippen MR) is 72.8 cm³/mol. The molecule has 1 atom stereocenters. The molecular formula is C12H26N2O3S. The lowest BCUT2D eigenvalue weighted by Crippen LogP contribution is -2.38. The second-order valence-corrected chi connectivity index (χ2v) is 7.65. The smallest absolute Gasteiger partial charge is 0.214 e. The van der Waals surface area contributed by atoms with Gasteiger partial charge in [-0.25, -0.2) is 13.1 Å². The molecule has 1 rings (SSSR count). The highest BCUT2D eigenvalue weighted by Crippen LogP contribution is 2.21. The van der Waals surface area contributed by atoms with Gasteiger partial charge in [-0.15, -0.1) is 0 Å². The van der Waals surface area contributed by atoms with Gasteiger partial charge in [-0.05, 0) is 37.6 Å². The Morgan fingerprint density at radius 3 is 2.72 bits per heavy atom. The maximum absolute atomic E-state index is 11.9. The molecule has 1 fully saturated rings. The summed E-state index contributed by atoms with van der Waals surface area (Å²) in [7, 11) is -3.23. The first kappa shape index (κ1) is 15.9. The van der Waals surface area contributed by atoms with Crippen molar-refractivity contribution in [2.75, 3.05) is 25.4 Å². The second-order valence-electron chi connectivity index (χ2n) is 5.79. The van der Waals surface area contributed by atoms with E-state index in [1.807, 2.05) is 0 Å². The summed E-state index contributed by atoms with van der Waals surface area (Å²) in [5, 5.41) is 0. The third kappa shape index (κ3) is 6.13. The average Bonchev–Trinajstić information content (AvgIpc) is 2.76. The van der Waals surface area contributed by atoms with E-state index in [-0.39, 0.29) is 17.3 Å². The van der Waals surface area contributed by atoms with Gasteiger partial charge in [-0.3, -0.25) is 0 Å². The van der Waals surface area contributed by atoms with Crippen molar-refractivity contribution < 1.29 is 13.2 Å². The molecule has 1 heterocycles. The van der Waals surface area contributed by atoms with E-state index < -0.39 is 10.0 Å². The largest absolute Gasteiger partial charge is 0.377 e. The second kappa shape index (κ2) is 6.84. The van der Waals surface area contributed by atoms with Crippen LogP contribution in [0.15, 0.2) is 0 Å². The standard InChI is InChI=1S/C12H26N2O3S/c1-12(2,6-4-7-13)10-14-18(15,16)9-11-5-3-8-17-11/h11,14H,3-10,13H2,1-2H3. The van der Waals surface area contributed by atoms with Crippen molar-refractivity contribution >= 4 is 10.0 Å². The van der Waals surface area contributed by atoms with Crippen LogP contribution in [0, 0.1) is 5.41 Å². The van der Waals surface area contributed by atoms with E-state index in [9.17, 15) is 8.42 Å². The molecular weight excluding hydrogens is 252 g/mol. The third-order valence-corrected chi connectivity index (χ3v) is 4.65. The zero-order valence-electron chi connectivity index (χ0n) is 11.4. The Balaban J connectivity index is 2.35. The van der Waals surface area contributed by atoms with Crippen LogP contribution in [-0.4, -0.2) is 40.0 Å². The molecule has 0 aromatic heterocycles. The number of hydrogen-bond acceptors (Lipinski definition) is 4. The molecule has 0 aromatic rings. The molecule has 6 heteroatoms. The molecule has 0 bridgehead atoms. The van der Waals surface area contributed by atoms with E-state index in [4.69, 9.17) is 10.5 Å². The van der Waals surface area contributed by atoms with Crippen molar-refractivity contribution in [1.82, 2.24) is 4.72 Å². The number of nitrogens with one attached hydrogen (secondary N) is 1. The SMILES string of the molecule is CC(C)(CCCN)CNS(=O)(=O)CC1CCCO1. The van der Waals surface area contributed by atoms with E-state index >= 15 is 0 Å². The topological polar surface area (TPSA) is 81.4 Å². The normalized spacial score (nSPS) is 21.4. The van der Waals surface area contributed by atoms with Crippen molar-refractivity contribution in [2.45, 2.75) is 45.6 Å². The highest BCUT2D eigenvalue weighted by molar-refractivity contribution is 7.89. The minimum absolute atomic E-state index is 0.0526. The Kier molecular flexibility index (Phi) is 6.04. The summed E-state index contributed by atoms with van der Waals surface area (Å²) in [5.41, 5.74) is 5.42. The quantitative estimate of drug-likeness (QED) is 0.689. The molecule has 18 heavy (non-hydrogen) atoms. The van der Waals surface area contributed by atoms with Crippen molar-refractivity contribution in [2.24, 2.45) is 11.1 Å². The summed E-state index contributed by atoms with van der Waals surface area (Å²) in [4.78, 5) is 0. The zero-order valence-corrected chi connectivity index (χ0v) is 12.3. The lowest BCUT2D eigenvalue weighted by Gasteiger charge is -2.25. The van der Waals surface area contributed by atoms with Gasteiger partial charge in [0.2, 0.25) is 10.0 Å². The maximum atomic E-state index is 11.9. The summed E-state index contributed by atoms with van der Waals surface area (Å²) >= 11 is 0. The fourth-order valence-corrected chi connectivity index (χ4v) is 3.53. The van der Waals surface area contributed by atoms with Gasteiger partial charge >= 0.3 is 0 Å². The Bertz CT molecular complexity index is 335. The highest BCUT2D eigenvalue weighted by Gasteiger charge is 2.25. The summed E-state index contributed by atoms with van der Waals surface area (Å²) in [5.74, 6) is 0.0833. The van der Waals surface area contributed by atoms with Gasteiger partial charge in [0.25, 0.3) is 0 Å². The summed E-state index contributed by atoms with van der Waals surface area (Å²) in [6, 6.07) is 0. The lowest BCUT2D eigenvalue weighted by atomic mass is 9.88. The van der Waals surface area contributed by atoms with Crippen LogP contribution in [0.2, 0.25) is 0 Å². The van der Waals surface area contributed by atoms with Crippen LogP contribution >= 0.6 is 0 Å². The lowest BCUT2D eigenvalue weighted by molar-refractivity contribution is 0.127. The Morgan fingerprint density at radius 2 is 2.17 bits per heavy atom. The number of ether oxygens (including phenoxy) is 1. The number of sulfonamides is 1. The van der Waals surface area contributed by atoms with E-state index in [2.05, 4.69) is 18.6 Å². The van der Waals surface area contributed by atoms with Gasteiger partial charge in [0.05, 0.1) is 11.9 Å². The Labute approximate surface area is 111 Å². The first-order valence-corrected chi connectivity index (χ1v) is 8.29. The van der Waals surface area contributed by atoms with Gasteiger partial charge in [-0.1, -0.05) is 13.8 Å². The van der Waals surface area contributed by atoms with Crippen LogP contribution in [-0.2, 0) is 14.8 Å². The van der Waals surface area contributed by atoms with Gasteiger partial charge in [0.1, 0.15) is 0 Å². The van der Waals surface area contributed by atoms with Crippen molar-refractivity contribution in [3.05, 3.63) is 0 Å². The molecule has 1 aliphatic heterocycles. The molecule has 5 nitrogen and oxygen atoms in total. The van der Waals surface area contributed by atoms with E-state index in [0.29, 0.717) is 19.7 Å². The third-order valence-electron chi connectivity index (χ3n) is 3.26. The van der Waals surface area contributed by atoms with Gasteiger partial charge < -0.3 is 10.5 Å². The molecule has 0 aromatic carbocycles. The molecule has 0 radical (unpaired) electrons. The van der Waals surface area contributed by atoms with Crippen LogP contribution < -0.4 is 10.5 Å². The predicted octanol–water partition coefficient (Wildman–Crippen LogP) is 0.850. The summed E-state index contributed by atoms with van der Waals surface area (Å²) in [6.07, 6.45) is 3.51. The van der Waals surface area contributed by atoms with Crippen molar-refractivity contribution in [1.29, 1.82) is 0 Å². The van der Waals surface area contributed by atoms with E-state index in [0.717, 1.165) is 25.7 Å². The van der Waals surface area contributed by atoms with Gasteiger partial charge in [-0.2, -0.15) is 0 Å². The van der Waals surface area contributed by atoms with Crippen LogP contribution in [0.5, 0.6) is 0 Å².